The predicted octanol–water partition coefficient (Wildman–Crippen LogP) is 1.14. The number of carbonyl (C=O) groups is 1. The summed E-state index contributed by atoms with van der Waals surface area (Å²) >= 11 is 1.05. The van der Waals surface area contributed by atoms with Crippen molar-refractivity contribution in [1.29, 1.82) is 0 Å². The van der Waals surface area contributed by atoms with Gasteiger partial charge in [-0.25, -0.2) is 0 Å². The molecule has 1 rings (SSSR count). The highest BCUT2D eigenvalue weighted by Gasteiger charge is 2.32. The van der Waals surface area contributed by atoms with Crippen molar-refractivity contribution in [1.82, 2.24) is 9.97 Å². The number of hydrogen-bond donors (Lipinski definition) is 0. The molecule has 0 fully saturated rings. The number of ether oxygens (including phenoxy) is 5. The molecule has 1 unspecified atom stereocenters. The first-order valence-electron chi connectivity index (χ1n) is 6.45. The number of thioether (sulfide) groups is 1. The average Bonchev–Trinajstić information content (AvgIpc) is 2.54. The Labute approximate surface area is 133 Å². The number of methoxy groups -OCH3 is 4. The van der Waals surface area contributed by atoms with Gasteiger partial charge in [0.2, 0.25) is 11.8 Å². The molecule has 1 heterocycles. The van der Waals surface area contributed by atoms with Gasteiger partial charge < -0.3 is 23.7 Å². The maximum absolute atomic E-state index is 12.1. The second-order valence-corrected chi connectivity index (χ2v) is 4.97. The summed E-state index contributed by atoms with van der Waals surface area (Å²) in [6.07, 6.45) is -0.801. The van der Waals surface area contributed by atoms with E-state index in [4.69, 9.17) is 23.7 Å². The van der Waals surface area contributed by atoms with Crippen molar-refractivity contribution < 1.29 is 28.5 Å². The minimum absolute atomic E-state index is 0.248. The first-order chi connectivity index (χ1) is 10.6. The molecule has 22 heavy (non-hydrogen) atoms. The highest BCUT2D eigenvalue weighted by Crippen LogP contribution is 2.28. The number of rotatable bonds is 9. The molecule has 1 atom stereocenters. The van der Waals surface area contributed by atoms with Crippen LogP contribution in [0.4, 0.5) is 0 Å². The molecule has 0 bridgehead atoms. The monoisotopic (exact) mass is 332 g/mol. The standard InChI is InChI=1S/C13H20N2O6S/c1-6-21-11(16)10(12(19-4)20-5)22-13-14-8(17-2)7-9(15-13)18-3/h7,10,12H,6H2,1-5H3. The third kappa shape index (κ3) is 5.00. The molecule has 0 saturated heterocycles. The Morgan fingerprint density at radius 1 is 1.14 bits per heavy atom. The maximum Gasteiger partial charge on any atom is 0.324 e. The molecule has 8 nitrogen and oxygen atoms in total. The van der Waals surface area contributed by atoms with Crippen molar-refractivity contribution in [2.45, 2.75) is 23.6 Å². The van der Waals surface area contributed by atoms with Gasteiger partial charge in [-0.3, -0.25) is 4.79 Å². The number of hydrogen-bond acceptors (Lipinski definition) is 9. The Hall–Kier alpha value is -1.58. The van der Waals surface area contributed by atoms with Crippen molar-refractivity contribution in [3.8, 4) is 11.8 Å². The number of esters is 1. The molecular formula is C13H20N2O6S. The minimum atomic E-state index is -0.801. The molecule has 0 saturated carbocycles. The molecule has 0 aliphatic carbocycles. The van der Waals surface area contributed by atoms with E-state index in [0.717, 1.165) is 11.8 Å². The normalized spacial score (nSPS) is 12.1. The highest BCUT2D eigenvalue weighted by molar-refractivity contribution is 8.00. The van der Waals surface area contributed by atoms with Gasteiger partial charge in [-0.05, 0) is 6.92 Å². The van der Waals surface area contributed by atoms with Crippen LogP contribution in [0.15, 0.2) is 11.2 Å². The Kier molecular flexibility index (Phi) is 7.92. The molecule has 0 radical (unpaired) electrons. The maximum atomic E-state index is 12.1. The van der Waals surface area contributed by atoms with Crippen LogP contribution in [0.3, 0.4) is 0 Å². The molecule has 1 aromatic heterocycles. The Morgan fingerprint density at radius 2 is 1.68 bits per heavy atom. The molecule has 0 spiro atoms. The van der Waals surface area contributed by atoms with Crippen molar-refractivity contribution in [3.63, 3.8) is 0 Å². The Bertz CT molecular complexity index is 461. The van der Waals surface area contributed by atoms with Crippen molar-refractivity contribution in [2.75, 3.05) is 35.0 Å². The Balaban J connectivity index is 3.04. The van der Waals surface area contributed by atoms with E-state index in [2.05, 4.69) is 9.97 Å². The SMILES string of the molecule is CCOC(=O)C(Sc1nc(OC)cc(OC)n1)C(OC)OC. The van der Waals surface area contributed by atoms with Crippen molar-refractivity contribution >= 4 is 17.7 Å². The van der Waals surface area contributed by atoms with Crippen LogP contribution in [0.5, 0.6) is 11.8 Å². The number of carbonyl (C=O) groups excluding carboxylic acids is 1. The van der Waals surface area contributed by atoms with Crippen LogP contribution in [0, 0.1) is 0 Å². The van der Waals surface area contributed by atoms with E-state index >= 15 is 0 Å². The lowest BCUT2D eigenvalue weighted by molar-refractivity contribution is -0.156. The molecule has 0 N–H and O–H groups in total. The fraction of sp³-hybridized carbons (Fsp3) is 0.615. The van der Waals surface area contributed by atoms with E-state index < -0.39 is 17.5 Å². The third-order valence-corrected chi connectivity index (χ3v) is 3.60. The highest BCUT2D eigenvalue weighted by atomic mass is 32.2. The molecule has 124 valence electrons. The van der Waals surface area contributed by atoms with Crippen LogP contribution in [0.25, 0.3) is 0 Å². The van der Waals surface area contributed by atoms with E-state index in [9.17, 15) is 4.79 Å². The summed E-state index contributed by atoms with van der Waals surface area (Å²) in [7, 11) is 5.83. The zero-order valence-electron chi connectivity index (χ0n) is 13.2. The van der Waals surface area contributed by atoms with Gasteiger partial charge in [0.1, 0.15) is 0 Å². The third-order valence-electron chi connectivity index (χ3n) is 2.54. The van der Waals surface area contributed by atoms with Gasteiger partial charge >= 0.3 is 5.97 Å². The number of aromatic nitrogens is 2. The molecular weight excluding hydrogens is 312 g/mol. The van der Waals surface area contributed by atoms with Gasteiger partial charge in [0.05, 0.1) is 26.9 Å². The topological polar surface area (TPSA) is 89.0 Å². The summed E-state index contributed by atoms with van der Waals surface area (Å²) in [5.74, 6) is 0.165. The van der Waals surface area contributed by atoms with Gasteiger partial charge in [0.25, 0.3) is 0 Å². The average molecular weight is 332 g/mol. The largest absolute Gasteiger partial charge is 0.481 e. The van der Waals surface area contributed by atoms with Gasteiger partial charge in [0, 0.05) is 14.2 Å². The second-order valence-electron chi connectivity index (χ2n) is 3.87. The van der Waals surface area contributed by atoms with Crippen LogP contribution >= 0.6 is 11.8 Å². The van der Waals surface area contributed by atoms with E-state index in [1.54, 1.807) is 6.92 Å². The van der Waals surface area contributed by atoms with Crippen LogP contribution in [0.1, 0.15) is 6.92 Å². The summed E-state index contributed by atoms with van der Waals surface area (Å²) in [6, 6.07) is 1.54. The van der Waals surface area contributed by atoms with Crippen molar-refractivity contribution in [2.24, 2.45) is 0 Å². The van der Waals surface area contributed by atoms with E-state index in [1.165, 1.54) is 34.5 Å². The lowest BCUT2D eigenvalue weighted by Crippen LogP contribution is -2.35. The zero-order valence-corrected chi connectivity index (χ0v) is 14.0. The fourth-order valence-corrected chi connectivity index (χ4v) is 2.55. The zero-order chi connectivity index (χ0) is 16.5. The smallest absolute Gasteiger partial charge is 0.324 e. The second kappa shape index (κ2) is 9.44. The predicted molar refractivity (Wildman–Crippen MR) is 79.2 cm³/mol. The summed E-state index contributed by atoms with van der Waals surface area (Å²) in [4.78, 5) is 20.4. The summed E-state index contributed by atoms with van der Waals surface area (Å²) in [5.41, 5.74) is 0. The van der Waals surface area contributed by atoms with E-state index in [-0.39, 0.29) is 11.8 Å². The fourth-order valence-electron chi connectivity index (χ4n) is 1.54. The summed E-state index contributed by atoms with van der Waals surface area (Å²) < 4.78 is 25.5. The van der Waals surface area contributed by atoms with Gasteiger partial charge in [-0.15, -0.1) is 0 Å². The van der Waals surface area contributed by atoms with Crippen LogP contribution < -0.4 is 9.47 Å². The molecule has 0 aliphatic rings. The van der Waals surface area contributed by atoms with Crippen LogP contribution in [-0.4, -0.2) is 62.5 Å². The first kappa shape index (κ1) is 18.5. The van der Waals surface area contributed by atoms with E-state index in [1.807, 2.05) is 0 Å². The van der Waals surface area contributed by atoms with Crippen LogP contribution in [-0.2, 0) is 19.0 Å². The first-order valence-corrected chi connectivity index (χ1v) is 7.33. The van der Waals surface area contributed by atoms with Crippen LogP contribution in [0.2, 0.25) is 0 Å². The molecule has 0 amide bonds. The minimum Gasteiger partial charge on any atom is -0.481 e. The van der Waals surface area contributed by atoms with Gasteiger partial charge in [-0.2, -0.15) is 9.97 Å². The quantitative estimate of drug-likeness (QED) is 0.286. The van der Waals surface area contributed by atoms with Crippen molar-refractivity contribution in [3.05, 3.63) is 6.07 Å². The van der Waals surface area contributed by atoms with Gasteiger partial charge in [0.15, 0.2) is 16.7 Å². The summed E-state index contributed by atoms with van der Waals surface area (Å²) in [5, 5.41) is -0.500. The Morgan fingerprint density at radius 3 is 2.09 bits per heavy atom. The lowest BCUT2D eigenvalue weighted by atomic mass is 10.4. The van der Waals surface area contributed by atoms with Gasteiger partial charge in [-0.1, -0.05) is 11.8 Å². The van der Waals surface area contributed by atoms with E-state index in [0.29, 0.717) is 11.8 Å². The molecule has 0 aliphatic heterocycles. The number of nitrogens with zero attached hydrogens (tertiary/aromatic N) is 2. The molecule has 0 aromatic carbocycles. The molecule has 9 heteroatoms. The molecule has 1 aromatic rings. The summed E-state index contributed by atoms with van der Waals surface area (Å²) in [6.45, 7) is 1.97. The lowest BCUT2D eigenvalue weighted by Gasteiger charge is -2.22.